The molecule has 20 heavy (non-hydrogen) atoms. The SMILES string of the molecule is Cc1cc(Cl)ccc1NC(=O)NCc1ccc(Cl)cc1. The maximum atomic E-state index is 11.8. The molecule has 0 heterocycles. The summed E-state index contributed by atoms with van der Waals surface area (Å²) in [6.07, 6.45) is 0. The van der Waals surface area contributed by atoms with E-state index in [1.54, 1.807) is 30.3 Å². The number of halogens is 2. The monoisotopic (exact) mass is 308 g/mol. The van der Waals surface area contributed by atoms with Crippen LogP contribution in [0.15, 0.2) is 42.5 Å². The number of hydrogen-bond acceptors (Lipinski definition) is 1. The molecule has 2 aromatic carbocycles. The number of benzene rings is 2. The van der Waals surface area contributed by atoms with Gasteiger partial charge in [0, 0.05) is 22.3 Å². The third-order valence-corrected chi connectivity index (χ3v) is 3.29. The summed E-state index contributed by atoms with van der Waals surface area (Å²) >= 11 is 11.7. The van der Waals surface area contributed by atoms with E-state index in [1.807, 2.05) is 19.1 Å². The number of aryl methyl sites for hydroxylation is 1. The summed E-state index contributed by atoms with van der Waals surface area (Å²) in [5.41, 5.74) is 2.64. The molecule has 0 spiro atoms. The summed E-state index contributed by atoms with van der Waals surface area (Å²) in [7, 11) is 0. The Labute approximate surface area is 127 Å². The highest BCUT2D eigenvalue weighted by Gasteiger charge is 2.04. The zero-order valence-corrected chi connectivity index (χ0v) is 12.4. The minimum absolute atomic E-state index is 0.259. The predicted octanol–water partition coefficient (Wildman–Crippen LogP) is 4.62. The Hall–Kier alpha value is -1.71. The molecule has 2 aromatic rings. The Bertz CT molecular complexity index is 612. The summed E-state index contributed by atoms with van der Waals surface area (Å²) in [5.74, 6) is 0. The van der Waals surface area contributed by atoms with Gasteiger partial charge in [0.25, 0.3) is 0 Å². The Morgan fingerprint density at radius 1 is 1.05 bits per heavy atom. The van der Waals surface area contributed by atoms with Crippen LogP contribution in [0, 0.1) is 6.92 Å². The average molecular weight is 309 g/mol. The minimum atomic E-state index is -0.259. The van der Waals surface area contributed by atoms with Crippen molar-refractivity contribution < 1.29 is 4.79 Å². The van der Waals surface area contributed by atoms with Crippen LogP contribution in [0.3, 0.4) is 0 Å². The predicted molar refractivity (Wildman–Crippen MR) is 83.5 cm³/mol. The molecule has 0 aliphatic rings. The number of urea groups is 1. The number of carbonyl (C=O) groups excluding carboxylic acids is 1. The molecule has 0 atom stereocenters. The van der Waals surface area contributed by atoms with Gasteiger partial charge in [-0.3, -0.25) is 0 Å². The quantitative estimate of drug-likeness (QED) is 0.853. The van der Waals surface area contributed by atoms with Gasteiger partial charge >= 0.3 is 6.03 Å². The molecule has 2 N–H and O–H groups in total. The molecule has 3 nitrogen and oxygen atoms in total. The topological polar surface area (TPSA) is 41.1 Å². The molecule has 0 saturated carbocycles. The maximum Gasteiger partial charge on any atom is 0.319 e. The fraction of sp³-hybridized carbons (Fsp3) is 0.133. The number of anilines is 1. The van der Waals surface area contributed by atoms with Crippen LogP contribution < -0.4 is 10.6 Å². The summed E-state index contributed by atoms with van der Waals surface area (Å²) in [6, 6.07) is 12.4. The molecular formula is C15H14Cl2N2O. The molecular weight excluding hydrogens is 295 g/mol. The summed E-state index contributed by atoms with van der Waals surface area (Å²) < 4.78 is 0. The average Bonchev–Trinajstić information content (AvgIpc) is 2.41. The van der Waals surface area contributed by atoms with Crippen molar-refractivity contribution in [3.05, 3.63) is 63.6 Å². The van der Waals surface area contributed by atoms with E-state index in [9.17, 15) is 4.79 Å². The van der Waals surface area contributed by atoms with Crippen molar-refractivity contribution >= 4 is 34.9 Å². The first-order valence-corrected chi connectivity index (χ1v) is 6.85. The molecule has 0 saturated heterocycles. The fourth-order valence-electron chi connectivity index (χ4n) is 1.72. The number of nitrogens with one attached hydrogen (secondary N) is 2. The highest BCUT2D eigenvalue weighted by molar-refractivity contribution is 6.31. The van der Waals surface area contributed by atoms with E-state index in [2.05, 4.69) is 10.6 Å². The van der Waals surface area contributed by atoms with Gasteiger partial charge in [-0.1, -0.05) is 35.3 Å². The molecule has 0 unspecified atom stereocenters. The van der Waals surface area contributed by atoms with Crippen molar-refractivity contribution in [1.29, 1.82) is 0 Å². The van der Waals surface area contributed by atoms with Crippen molar-refractivity contribution in [2.24, 2.45) is 0 Å². The number of hydrogen-bond donors (Lipinski definition) is 2. The maximum absolute atomic E-state index is 11.8. The van der Waals surface area contributed by atoms with E-state index in [-0.39, 0.29) is 6.03 Å². The lowest BCUT2D eigenvalue weighted by molar-refractivity contribution is 0.251. The molecule has 2 rings (SSSR count). The van der Waals surface area contributed by atoms with E-state index in [0.717, 1.165) is 16.8 Å². The van der Waals surface area contributed by atoms with Gasteiger partial charge in [0.05, 0.1) is 0 Å². The lowest BCUT2D eigenvalue weighted by atomic mass is 10.2. The van der Waals surface area contributed by atoms with Gasteiger partial charge in [-0.05, 0) is 48.4 Å². The summed E-state index contributed by atoms with van der Waals surface area (Å²) in [4.78, 5) is 11.8. The highest BCUT2D eigenvalue weighted by atomic mass is 35.5. The summed E-state index contributed by atoms with van der Waals surface area (Å²) in [5, 5.41) is 6.89. The molecule has 0 bridgehead atoms. The van der Waals surface area contributed by atoms with E-state index in [4.69, 9.17) is 23.2 Å². The number of carbonyl (C=O) groups is 1. The Balaban J connectivity index is 1.90. The molecule has 0 radical (unpaired) electrons. The van der Waals surface area contributed by atoms with Crippen molar-refractivity contribution in [1.82, 2.24) is 5.32 Å². The highest BCUT2D eigenvalue weighted by Crippen LogP contribution is 2.19. The van der Waals surface area contributed by atoms with Gasteiger partial charge < -0.3 is 10.6 Å². The second-order valence-electron chi connectivity index (χ2n) is 4.39. The lowest BCUT2D eigenvalue weighted by Crippen LogP contribution is -2.28. The number of rotatable bonds is 3. The first kappa shape index (κ1) is 14.7. The van der Waals surface area contributed by atoms with Gasteiger partial charge in [0.2, 0.25) is 0 Å². The van der Waals surface area contributed by atoms with Gasteiger partial charge in [0.15, 0.2) is 0 Å². The van der Waals surface area contributed by atoms with Crippen molar-refractivity contribution in [2.45, 2.75) is 13.5 Å². The molecule has 0 fully saturated rings. The van der Waals surface area contributed by atoms with Crippen LogP contribution >= 0.6 is 23.2 Å². The van der Waals surface area contributed by atoms with Crippen molar-refractivity contribution in [3.63, 3.8) is 0 Å². The second kappa shape index (κ2) is 6.64. The first-order chi connectivity index (χ1) is 9.54. The molecule has 104 valence electrons. The standard InChI is InChI=1S/C15H14Cl2N2O/c1-10-8-13(17)6-7-14(10)19-15(20)18-9-11-2-4-12(16)5-3-11/h2-8H,9H2,1H3,(H2,18,19,20). The van der Waals surface area contributed by atoms with Crippen LogP contribution in [0.25, 0.3) is 0 Å². The third-order valence-electron chi connectivity index (χ3n) is 2.80. The van der Waals surface area contributed by atoms with Crippen LogP contribution in [0.2, 0.25) is 10.0 Å². The third kappa shape index (κ3) is 4.15. The van der Waals surface area contributed by atoms with Crippen molar-refractivity contribution in [2.75, 3.05) is 5.32 Å². The van der Waals surface area contributed by atoms with Crippen LogP contribution in [0.5, 0.6) is 0 Å². The second-order valence-corrected chi connectivity index (χ2v) is 5.27. The van der Waals surface area contributed by atoms with Crippen LogP contribution in [-0.4, -0.2) is 6.03 Å². The van der Waals surface area contributed by atoms with Crippen molar-refractivity contribution in [3.8, 4) is 0 Å². The Morgan fingerprint density at radius 2 is 1.70 bits per heavy atom. The molecule has 0 aromatic heterocycles. The van der Waals surface area contributed by atoms with Crippen LogP contribution in [0.4, 0.5) is 10.5 Å². The molecule has 2 amide bonds. The molecule has 5 heteroatoms. The van der Waals surface area contributed by atoms with E-state index >= 15 is 0 Å². The van der Waals surface area contributed by atoms with E-state index in [0.29, 0.717) is 16.6 Å². The van der Waals surface area contributed by atoms with Crippen LogP contribution in [-0.2, 0) is 6.54 Å². The normalized spacial score (nSPS) is 10.2. The van der Waals surface area contributed by atoms with Gasteiger partial charge in [0.1, 0.15) is 0 Å². The van der Waals surface area contributed by atoms with E-state index in [1.165, 1.54) is 0 Å². The zero-order valence-electron chi connectivity index (χ0n) is 10.9. The minimum Gasteiger partial charge on any atom is -0.334 e. The van der Waals surface area contributed by atoms with Crippen LogP contribution in [0.1, 0.15) is 11.1 Å². The Morgan fingerprint density at radius 3 is 2.35 bits per heavy atom. The largest absolute Gasteiger partial charge is 0.334 e. The van der Waals surface area contributed by atoms with Gasteiger partial charge in [-0.25, -0.2) is 4.79 Å². The molecule has 0 aliphatic carbocycles. The Kier molecular flexibility index (Phi) is 4.88. The first-order valence-electron chi connectivity index (χ1n) is 6.10. The smallest absolute Gasteiger partial charge is 0.319 e. The molecule has 0 aliphatic heterocycles. The van der Waals surface area contributed by atoms with Gasteiger partial charge in [-0.15, -0.1) is 0 Å². The zero-order chi connectivity index (χ0) is 14.5. The fourth-order valence-corrected chi connectivity index (χ4v) is 2.07. The summed E-state index contributed by atoms with van der Waals surface area (Å²) in [6.45, 7) is 2.33. The van der Waals surface area contributed by atoms with E-state index < -0.39 is 0 Å². The number of amides is 2. The van der Waals surface area contributed by atoms with Gasteiger partial charge in [-0.2, -0.15) is 0 Å². The lowest BCUT2D eigenvalue weighted by Gasteiger charge is -2.10.